The van der Waals surface area contributed by atoms with Gasteiger partial charge in [-0.1, -0.05) is 98.8 Å². The van der Waals surface area contributed by atoms with Gasteiger partial charge < -0.3 is 13.7 Å². The zero-order valence-corrected chi connectivity index (χ0v) is 25.5. The van der Waals surface area contributed by atoms with Crippen LogP contribution in [0.15, 0.2) is 148 Å². The first-order valence-corrected chi connectivity index (χ1v) is 15.9. The summed E-state index contributed by atoms with van der Waals surface area (Å²) in [6.07, 6.45) is 0. The monoisotopic (exact) mass is 591 g/mol. The Kier molecular flexibility index (Phi) is 5.06. The predicted molar refractivity (Wildman–Crippen MR) is 191 cm³/mol. The van der Waals surface area contributed by atoms with Crippen LogP contribution in [0.25, 0.3) is 65.8 Å². The van der Waals surface area contributed by atoms with Crippen molar-refractivity contribution in [3.63, 3.8) is 0 Å². The van der Waals surface area contributed by atoms with Gasteiger partial charge in [0.05, 0.1) is 0 Å². The van der Waals surface area contributed by atoms with Crippen LogP contribution in [0.2, 0.25) is 0 Å². The molecular formula is C43H29NO2. The largest absolute Gasteiger partial charge is 0.456 e. The second-order valence-corrected chi connectivity index (χ2v) is 12.9. The third-order valence-electron chi connectivity index (χ3n) is 10.0. The van der Waals surface area contributed by atoms with E-state index in [2.05, 4.69) is 146 Å². The molecule has 3 heteroatoms. The maximum absolute atomic E-state index is 6.98. The summed E-state index contributed by atoms with van der Waals surface area (Å²) >= 11 is 0. The third-order valence-corrected chi connectivity index (χ3v) is 10.0. The Morgan fingerprint density at radius 3 is 1.89 bits per heavy atom. The van der Waals surface area contributed by atoms with E-state index < -0.39 is 0 Å². The van der Waals surface area contributed by atoms with Crippen molar-refractivity contribution >= 4 is 71.7 Å². The minimum absolute atomic E-state index is 0.136. The standard InChI is InChI=1S/C43H29NO2/c1-43(2)35-18-10-8-17-33(35)40-41(43)32-16-7-6-15-31(32)39-34-23-21-28(25-38(34)46-42(39)40)44(26-12-4-3-5-13-26)27-20-22-30-29-14-9-11-19-36(29)45-37(30)24-27/h3-25H,1-2H3. The molecule has 0 saturated carbocycles. The van der Waals surface area contributed by atoms with Crippen LogP contribution in [0.1, 0.15) is 25.0 Å². The Balaban J connectivity index is 1.24. The lowest BCUT2D eigenvalue weighted by atomic mass is 9.79. The summed E-state index contributed by atoms with van der Waals surface area (Å²) in [4.78, 5) is 2.28. The van der Waals surface area contributed by atoms with E-state index >= 15 is 0 Å². The molecule has 0 spiro atoms. The SMILES string of the molecule is CC1(C)c2ccccc2-c2c1c1ccccc1c1c2oc2cc(N(c3ccccc3)c3ccc4c(c3)oc3ccccc34)ccc21. The number of benzene rings is 7. The van der Waals surface area contributed by atoms with Gasteiger partial charge in [-0.3, -0.25) is 0 Å². The van der Waals surface area contributed by atoms with E-state index in [4.69, 9.17) is 8.83 Å². The molecule has 46 heavy (non-hydrogen) atoms. The maximum atomic E-state index is 6.98. The van der Waals surface area contributed by atoms with Crippen molar-refractivity contribution in [3.05, 3.63) is 151 Å². The van der Waals surface area contributed by atoms with Crippen LogP contribution < -0.4 is 4.90 Å². The Bertz CT molecular complexity index is 2670. The highest BCUT2D eigenvalue weighted by atomic mass is 16.3. The van der Waals surface area contributed by atoms with Crippen LogP contribution in [0.5, 0.6) is 0 Å². The van der Waals surface area contributed by atoms with E-state index in [-0.39, 0.29) is 5.41 Å². The second-order valence-electron chi connectivity index (χ2n) is 12.9. The lowest BCUT2D eigenvalue weighted by Gasteiger charge is -2.25. The van der Waals surface area contributed by atoms with Crippen molar-refractivity contribution in [1.82, 2.24) is 0 Å². The molecule has 3 nitrogen and oxygen atoms in total. The van der Waals surface area contributed by atoms with Crippen molar-refractivity contribution in [3.8, 4) is 11.1 Å². The molecule has 218 valence electrons. The average Bonchev–Trinajstić information content (AvgIpc) is 3.73. The molecule has 0 N–H and O–H groups in total. The molecule has 0 unspecified atom stereocenters. The number of furan rings is 2. The van der Waals surface area contributed by atoms with Crippen molar-refractivity contribution < 1.29 is 8.83 Å². The summed E-state index contributed by atoms with van der Waals surface area (Å²) in [7, 11) is 0. The van der Waals surface area contributed by atoms with Crippen LogP contribution in [0.4, 0.5) is 17.1 Å². The molecular weight excluding hydrogens is 562 g/mol. The van der Waals surface area contributed by atoms with E-state index in [1.165, 1.54) is 38.4 Å². The second kappa shape index (κ2) is 9.12. The number of nitrogens with zero attached hydrogens (tertiary/aromatic N) is 1. The van der Waals surface area contributed by atoms with Crippen LogP contribution in [0, 0.1) is 0 Å². The molecule has 1 aliphatic carbocycles. The van der Waals surface area contributed by atoms with E-state index in [1.807, 2.05) is 12.1 Å². The molecule has 2 aromatic heterocycles. The van der Waals surface area contributed by atoms with E-state index in [0.29, 0.717) is 0 Å². The zero-order chi connectivity index (χ0) is 30.6. The Morgan fingerprint density at radius 1 is 0.478 bits per heavy atom. The van der Waals surface area contributed by atoms with Gasteiger partial charge in [-0.05, 0) is 69.9 Å². The maximum Gasteiger partial charge on any atom is 0.144 e. The minimum Gasteiger partial charge on any atom is -0.456 e. The lowest BCUT2D eigenvalue weighted by molar-refractivity contribution is 0.657. The summed E-state index contributed by atoms with van der Waals surface area (Å²) in [6.45, 7) is 4.68. The Labute approximate surface area is 265 Å². The fraction of sp³-hybridized carbons (Fsp3) is 0.0698. The lowest BCUT2D eigenvalue weighted by Crippen LogP contribution is -2.15. The van der Waals surface area contributed by atoms with E-state index in [0.717, 1.165) is 55.6 Å². The number of anilines is 3. The highest BCUT2D eigenvalue weighted by Crippen LogP contribution is 2.56. The molecule has 2 heterocycles. The Morgan fingerprint density at radius 2 is 1.09 bits per heavy atom. The van der Waals surface area contributed by atoms with Gasteiger partial charge in [0.2, 0.25) is 0 Å². The first-order valence-electron chi connectivity index (χ1n) is 15.9. The number of hydrogen-bond donors (Lipinski definition) is 0. The summed E-state index contributed by atoms with van der Waals surface area (Å²) in [5.41, 5.74) is 11.8. The molecule has 0 aliphatic heterocycles. The van der Waals surface area contributed by atoms with Crippen molar-refractivity contribution in [2.24, 2.45) is 0 Å². The molecule has 9 aromatic rings. The molecule has 0 bridgehead atoms. The van der Waals surface area contributed by atoms with Gasteiger partial charge in [0, 0.05) is 61.7 Å². The number of rotatable bonds is 3. The fourth-order valence-corrected chi connectivity index (χ4v) is 8.00. The van der Waals surface area contributed by atoms with Gasteiger partial charge in [-0.15, -0.1) is 0 Å². The number of hydrogen-bond acceptors (Lipinski definition) is 3. The van der Waals surface area contributed by atoms with Crippen LogP contribution in [-0.2, 0) is 5.41 Å². The molecule has 7 aromatic carbocycles. The smallest absolute Gasteiger partial charge is 0.144 e. The number of fused-ring (bicyclic) bond motifs is 13. The van der Waals surface area contributed by atoms with Gasteiger partial charge in [0.25, 0.3) is 0 Å². The first-order chi connectivity index (χ1) is 22.6. The minimum atomic E-state index is -0.136. The summed E-state index contributed by atoms with van der Waals surface area (Å²) < 4.78 is 13.3. The predicted octanol–water partition coefficient (Wildman–Crippen LogP) is 12.4. The molecule has 0 radical (unpaired) electrons. The fourth-order valence-electron chi connectivity index (χ4n) is 8.00. The van der Waals surface area contributed by atoms with E-state index in [1.54, 1.807) is 0 Å². The van der Waals surface area contributed by atoms with E-state index in [9.17, 15) is 0 Å². The molecule has 0 amide bonds. The summed E-state index contributed by atoms with van der Waals surface area (Å²) in [6, 6.07) is 49.5. The van der Waals surface area contributed by atoms with Crippen LogP contribution in [0.3, 0.4) is 0 Å². The van der Waals surface area contributed by atoms with Gasteiger partial charge in [-0.25, -0.2) is 0 Å². The third kappa shape index (κ3) is 3.37. The topological polar surface area (TPSA) is 29.5 Å². The quantitative estimate of drug-likeness (QED) is 0.205. The molecule has 1 aliphatic rings. The van der Waals surface area contributed by atoms with Gasteiger partial charge in [0.15, 0.2) is 0 Å². The van der Waals surface area contributed by atoms with Crippen molar-refractivity contribution in [2.75, 3.05) is 4.90 Å². The van der Waals surface area contributed by atoms with Gasteiger partial charge in [0.1, 0.15) is 22.3 Å². The van der Waals surface area contributed by atoms with Crippen molar-refractivity contribution in [2.45, 2.75) is 19.3 Å². The highest BCUT2D eigenvalue weighted by Gasteiger charge is 2.39. The number of para-hydroxylation sites is 2. The molecule has 0 fully saturated rings. The first kappa shape index (κ1) is 25.5. The van der Waals surface area contributed by atoms with Crippen molar-refractivity contribution in [1.29, 1.82) is 0 Å². The normalized spacial score (nSPS) is 13.6. The average molecular weight is 592 g/mol. The van der Waals surface area contributed by atoms with Crippen LogP contribution in [-0.4, -0.2) is 0 Å². The molecule has 0 atom stereocenters. The highest BCUT2D eigenvalue weighted by molar-refractivity contribution is 6.25. The molecule has 10 rings (SSSR count). The Hall–Kier alpha value is -5.80. The summed E-state index contributed by atoms with van der Waals surface area (Å²) in [5, 5.41) is 7.08. The van der Waals surface area contributed by atoms with Gasteiger partial charge >= 0.3 is 0 Å². The van der Waals surface area contributed by atoms with Gasteiger partial charge in [-0.2, -0.15) is 0 Å². The summed E-state index contributed by atoms with van der Waals surface area (Å²) in [5.74, 6) is 0. The van der Waals surface area contributed by atoms with Crippen LogP contribution >= 0.6 is 0 Å². The zero-order valence-electron chi connectivity index (χ0n) is 25.5. The molecule has 0 saturated heterocycles.